The van der Waals surface area contributed by atoms with E-state index in [1.54, 1.807) is 0 Å². The summed E-state index contributed by atoms with van der Waals surface area (Å²) in [6.45, 7) is 5.89. The molecule has 3 rings (SSSR count). The minimum atomic E-state index is -1.41. The number of hydrogen-bond acceptors (Lipinski definition) is 4. The Morgan fingerprint density at radius 1 is 1.14 bits per heavy atom. The van der Waals surface area contributed by atoms with Crippen LogP contribution in [0.1, 0.15) is 52.0 Å². The summed E-state index contributed by atoms with van der Waals surface area (Å²) in [6.07, 6.45) is 2.22. The molecule has 2 aliphatic rings. The van der Waals surface area contributed by atoms with E-state index in [0.29, 0.717) is 18.4 Å². The average Bonchev–Trinajstić information content (AvgIpc) is 3.05. The van der Waals surface area contributed by atoms with Crippen molar-refractivity contribution in [2.45, 2.75) is 63.9 Å². The molecule has 0 aromatic heterocycles. The van der Waals surface area contributed by atoms with Crippen molar-refractivity contribution in [1.82, 2.24) is 0 Å². The van der Waals surface area contributed by atoms with Crippen molar-refractivity contribution in [1.29, 1.82) is 0 Å². The molecule has 4 heteroatoms. The van der Waals surface area contributed by atoms with E-state index in [-0.39, 0.29) is 5.41 Å². The maximum Gasteiger partial charge on any atom is 0.348 e. The van der Waals surface area contributed by atoms with E-state index in [2.05, 4.69) is 0 Å². The Hall–Kier alpha value is -1.39. The lowest BCUT2D eigenvalue weighted by atomic mass is 9.76. The molecule has 1 heterocycles. The highest BCUT2D eigenvalue weighted by molar-refractivity contribution is 5.85. The maximum atomic E-state index is 12.8. The molecule has 4 nitrogen and oxygen atoms in total. The third-order valence-electron chi connectivity index (χ3n) is 4.76. The van der Waals surface area contributed by atoms with Gasteiger partial charge in [0.05, 0.1) is 0 Å². The summed E-state index contributed by atoms with van der Waals surface area (Å²) in [5.74, 6) is -0.469. The highest BCUT2D eigenvalue weighted by Gasteiger charge is 2.66. The van der Waals surface area contributed by atoms with E-state index in [0.717, 1.165) is 12.8 Å². The van der Waals surface area contributed by atoms with Crippen LogP contribution in [0.3, 0.4) is 0 Å². The van der Waals surface area contributed by atoms with Crippen LogP contribution in [0.15, 0.2) is 30.3 Å². The molecule has 0 amide bonds. The van der Waals surface area contributed by atoms with Gasteiger partial charge in [-0.2, -0.15) is 0 Å². The summed E-state index contributed by atoms with van der Waals surface area (Å²) in [5.41, 5.74) is -2.29. The van der Waals surface area contributed by atoms with Crippen molar-refractivity contribution in [2.75, 3.05) is 0 Å². The van der Waals surface area contributed by atoms with Crippen molar-refractivity contribution in [3.63, 3.8) is 0 Å². The molecule has 1 saturated heterocycles. The molecule has 120 valence electrons. The van der Waals surface area contributed by atoms with Crippen LogP contribution in [0.4, 0.5) is 0 Å². The summed E-state index contributed by atoms with van der Waals surface area (Å²) in [6, 6.07) is 9.27. The lowest BCUT2D eigenvalue weighted by Crippen LogP contribution is -2.54. The van der Waals surface area contributed by atoms with Gasteiger partial charge in [0.2, 0.25) is 11.9 Å². The van der Waals surface area contributed by atoms with E-state index in [1.807, 2.05) is 51.1 Å². The molecule has 0 radical (unpaired) electrons. The Labute approximate surface area is 131 Å². The third kappa shape index (κ3) is 2.17. The van der Waals surface area contributed by atoms with E-state index >= 15 is 0 Å². The van der Waals surface area contributed by atoms with Gasteiger partial charge in [-0.25, -0.2) is 4.79 Å². The van der Waals surface area contributed by atoms with Crippen molar-refractivity contribution in [3.8, 4) is 0 Å². The fraction of sp³-hybridized carbons (Fsp3) is 0.611. The van der Waals surface area contributed by atoms with Crippen LogP contribution in [0.5, 0.6) is 0 Å². The van der Waals surface area contributed by atoms with E-state index < -0.39 is 23.5 Å². The second-order valence-corrected chi connectivity index (χ2v) is 7.51. The molecule has 1 aliphatic heterocycles. The molecular weight excluding hydrogens is 280 g/mol. The molecule has 2 atom stereocenters. The predicted octanol–water partition coefficient (Wildman–Crippen LogP) is 3.13. The number of hydrogen-bond donors (Lipinski definition) is 1. The lowest BCUT2D eigenvalue weighted by molar-refractivity contribution is -0.207. The second-order valence-electron chi connectivity index (χ2n) is 7.51. The first-order valence-corrected chi connectivity index (χ1v) is 7.96. The molecule has 0 unspecified atom stereocenters. The van der Waals surface area contributed by atoms with Gasteiger partial charge in [0.25, 0.3) is 0 Å². The maximum absolute atomic E-state index is 12.8. The van der Waals surface area contributed by atoms with Gasteiger partial charge >= 0.3 is 5.97 Å². The summed E-state index contributed by atoms with van der Waals surface area (Å²) < 4.78 is 11.7. The summed E-state index contributed by atoms with van der Waals surface area (Å²) >= 11 is 0. The monoisotopic (exact) mass is 304 g/mol. The van der Waals surface area contributed by atoms with Crippen LogP contribution in [-0.2, 0) is 19.9 Å². The Morgan fingerprint density at radius 2 is 1.73 bits per heavy atom. The number of aliphatic hydroxyl groups is 1. The number of rotatable bonds is 2. The molecule has 0 spiro atoms. The smallest absolute Gasteiger partial charge is 0.348 e. The Bertz CT molecular complexity index is 554. The van der Waals surface area contributed by atoms with Crippen LogP contribution < -0.4 is 0 Å². The van der Waals surface area contributed by atoms with Crippen LogP contribution >= 0.6 is 0 Å². The number of carbonyl (C=O) groups is 1. The summed E-state index contributed by atoms with van der Waals surface area (Å²) in [7, 11) is 0. The lowest BCUT2D eigenvalue weighted by Gasteiger charge is -2.39. The van der Waals surface area contributed by atoms with Crippen molar-refractivity contribution in [3.05, 3.63) is 35.9 Å². The Morgan fingerprint density at radius 3 is 2.23 bits per heavy atom. The molecular formula is C18H24O4. The van der Waals surface area contributed by atoms with Crippen molar-refractivity contribution in [2.24, 2.45) is 5.41 Å². The summed E-state index contributed by atoms with van der Waals surface area (Å²) in [5, 5.41) is 11.2. The Kier molecular flexibility index (Phi) is 3.57. The highest BCUT2D eigenvalue weighted by Crippen LogP contribution is 2.52. The number of ether oxygens (including phenoxy) is 2. The molecule has 0 bridgehead atoms. The quantitative estimate of drug-likeness (QED) is 0.853. The van der Waals surface area contributed by atoms with Gasteiger partial charge in [0, 0.05) is 5.41 Å². The molecule has 1 saturated carbocycles. The zero-order chi connectivity index (χ0) is 16.0. The number of esters is 1. The molecule has 1 aromatic carbocycles. The largest absolute Gasteiger partial charge is 0.433 e. The summed E-state index contributed by atoms with van der Waals surface area (Å²) in [4.78, 5) is 12.8. The predicted molar refractivity (Wildman–Crippen MR) is 82.0 cm³/mol. The van der Waals surface area contributed by atoms with Crippen molar-refractivity contribution >= 4 is 5.97 Å². The number of benzene rings is 1. The highest BCUT2D eigenvalue weighted by atomic mass is 16.8. The molecule has 2 fully saturated rings. The van der Waals surface area contributed by atoms with E-state index in [4.69, 9.17) is 9.47 Å². The van der Waals surface area contributed by atoms with Gasteiger partial charge < -0.3 is 14.6 Å². The van der Waals surface area contributed by atoms with Crippen LogP contribution in [-0.4, -0.2) is 23.0 Å². The average molecular weight is 304 g/mol. The first-order chi connectivity index (χ1) is 10.3. The van der Waals surface area contributed by atoms with Gasteiger partial charge in [-0.15, -0.1) is 0 Å². The van der Waals surface area contributed by atoms with Gasteiger partial charge in [0.1, 0.15) is 5.60 Å². The standard InChI is InChI=1S/C18H24O4/c1-16(2,3)15-21-14(19)18(22-15,13-9-5-4-6-10-13)17(20)11-7-8-12-17/h4-6,9-10,15,20H,7-8,11-12H2,1-3H3/t15-,18+/m0/s1. The normalized spacial score (nSPS) is 31.3. The topological polar surface area (TPSA) is 55.8 Å². The zero-order valence-electron chi connectivity index (χ0n) is 13.5. The molecule has 22 heavy (non-hydrogen) atoms. The van der Waals surface area contributed by atoms with Gasteiger partial charge in [-0.1, -0.05) is 63.9 Å². The van der Waals surface area contributed by atoms with E-state index in [1.165, 1.54) is 0 Å². The Balaban J connectivity index is 2.11. The van der Waals surface area contributed by atoms with Crippen LogP contribution in [0.25, 0.3) is 0 Å². The second kappa shape index (κ2) is 5.07. The fourth-order valence-electron chi connectivity index (χ4n) is 3.51. The minimum Gasteiger partial charge on any atom is -0.433 e. The zero-order valence-corrected chi connectivity index (χ0v) is 13.5. The van der Waals surface area contributed by atoms with E-state index in [9.17, 15) is 9.90 Å². The fourth-order valence-corrected chi connectivity index (χ4v) is 3.51. The third-order valence-corrected chi connectivity index (χ3v) is 4.76. The first-order valence-electron chi connectivity index (χ1n) is 7.96. The number of carbonyl (C=O) groups excluding carboxylic acids is 1. The van der Waals surface area contributed by atoms with Gasteiger partial charge in [0.15, 0.2) is 0 Å². The minimum absolute atomic E-state index is 0.346. The SMILES string of the molecule is CC(C)(C)[C@H]1OC(=O)[C@](c2ccccc2)(C2(O)CCCC2)O1. The first kappa shape index (κ1) is 15.5. The molecule has 1 aliphatic carbocycles. The van der Waals surface area contributed by atoms with Crippen LogP contribution in [0.2, 0.25) is 0 Å². The van der Waals surface area contributed by atoms with Crippen LogP contribution in [0, 0.1) is 5.41 Å². The molecule has 1 N–H and O–H groups in total. The number of cyclic esters (lactones) is 1. The van der Waals surface area contributed by atoms with Crippen molar-refractivity contribution < 1.29 is 19.4 Å². The molecule has 1 aromatic rings. The van der Waals surface area contributed by atoms with Gasteiger partial charge in [-0.05, 0) is 18.4 Å². The van der Waals surface area contributed by atoms with Gasteiger partial charge in [-0.3, -0.25) is 0 Å².